The quantitative estimate of drug-likeness (QED) is 0.701. The maximum atomic E-state index is 14.0. The third-order valence-corrected chi connectivity index (χ3v) is 4.67. The average Bonchev–Trinajstić information content (AvgIpc) is 3.17. The summed E-state index contributed by atoms with van der Waals surface area (Å²) < 4.78 is 14.0. The van der Waals surface area contributed by atoms with E-state index in [1.807, 2.05) is 30.3 Å². The molecule has 0 radical (unpaired) electrons. The zero-order chi connectivity index (χ0) is 19.1. The summed E-state index contributed by atoms with van der Waals surface area (Å²) in [5.41, 5.74) is 1.39. The lowest BCUT2D eigenvalue weighted by atomic mass is 10.0. The molecule has 0 bridgehead atoms. The van der Waals surface area contributed by atoms with Crippen molar-refractivity contribution >= 4 is 23.2 Å². The van der Waals surface area contributed by atoms with Crippen LogP contribution in [0.25, 0.3) is 0 Å². The number of nitrogens with one attached hydrogen (secondary N) is 3. The van der Waals surface area contributed by atoms with Crippen molar-refractivity contribution in [2.45, 2.75) is 25.7 Å². The lowest BCUT2D eigenvalue weighted by Gasteiger charge is -2.11. The Balaban J connectivity index is 1.55. The van der Waals surface area contributed by atoms with Crippen LogP contribution in [0.4, 0.5) is 15.8 Å². The van der Waals surface area contributed by atoms with Gasteiger partial charge in [0.05, 0.1) is 12.1 Å². The number of benzene rings is 2. The van der Waals surface area contributed by atoms with Gasteiger partial charge in [0.1, 0.15) is 5.82 Å². The summed E-state index contributed by atoms with van der Waals surface area (Å²) in [6.07, 6.45) is 2.52. The fourth-order valence-electron chi connectivity index (χ4n) is 3.19. The second kappa shape index (κ2) is 9.28. The smallest absolute Gasteiger partial charge is 0.228 e. The monoisotopic (exact) mass is 369 g/mol. The van der Waals surface area contributed by atoms with E-state index in [4.69, 9.17) is 0 Å². The highest BCUT2D eigenvalue weighted by atomic mass is 19.1. The minimum absolute atomic E-state index is 0.0636. The van der Waals surface area contributed by atoms with Crippen molar-refractivity contribution < 1.29 is 14.0 Å². The number of rotatable bonds is 7. The second-order valence-corrected chi connectivity index (χ2v) is 6.85. The van der Waals surface area contributed by atoms with Crippen LogP contribution in [0, 0.1) is 11.7 Å². The van der Waals surface area contributed by atoms with Gasteiger partial charge in [0.25, 0.3) is 0 Å². The number of hydrogen-bond acceptors (Lipinski definition) is 3. The van der Waals surface area contributed by atoms with Crippen molar-refractivity contribution in [2.75, 3.05) is 23.7 Å². The summed E-state index contributed by atoms with van der Waals surface area (Å²) in [6.45, 7) is 1.97. The number of halogens is 1. The Hall–Kier alpha value is -2.73. The largest absolute Gasteiger partial charge is 0.326 e. The molecule has 1 fully saturated rings. The van der Waals surface area contributed by atoms with E-state index in [0.29, 0.717) is 18.0 Å². The first-order chi connectivity index (χ1) is 13.1. The van der Waals surface area contributed by atoms with E-state index in [2.05, 4.69) is 16.0 Å². The van der Waals surface area contributed by atoms with Gasteiger partial charge >= 0.3 is 0 Å². The van der Waals surface area contributed by atoms with E-state index in [0.717, 1.165) is 31.5 Å². The Morgan fingerprint density at radius 2 is 1.89 bits per heavy atom. The highest BCUT2D eigenvalue weighted by molar-refractivity contribution is 5.95. The predicted octanol–water partition coefficient (Wildman–Crippen LogP) is 3.34. The fourth-order valence-corrected chi connectivity index (χ4v) is 3.19. The zero-order valence-corrected chi connectivity index (χ0v) is 15.1. The minimum Gasteiger partial charge on any atom is -0.326 e. The molecule has 3 N–H and O–H groups in total. The molecule has 0 spiro atoms. The fraction of sp³-hybridized carbons (Fsp3) is 0.333. The molecule has 2 aromatic carbocycles. The first-order valence-electron chi connectivity index (χ1n) is 9.24. The molecule has 142 valence electrons. The number of amides is 2. The van der Waals surface area contributed by atoms with Crippen LogP contribution in [-0.2, 0) is 16.0 Å². The Morgan fingerprint density at radius 3 is 2.63 bits per heavy atom. The molecular formula is C21H24FN3O2. The van der Waals surface area contributed by atoms with Crippen LogP contribution >= 0.6 is 0 Å². The molecule has 0 aliphatic carbocycles. The topological polar surface area (TPSA) is 70.2 Å². The van der Waals surface area contributed by atoms with Crippen LogP contribution in [-0.4, -0.2) is 24.9 Å². The van der Waals surface area contributed by atoms with Crippen molar-refractivity contribution in [1.29, 1.82) is 0 Å². The standard InChI is InChI=1S/C21H24FN3O2/c22-18-8-7-17(24-20(26)9-6-16-10-11-23-14-16)13-19(18)25-21(27)12-15-4-2-1-3-5-15/h1-5,7-8,13,16,23H,6,9-12,14H2,(H,24,26)(H,25,27). The van der Waals surface area contributed by atoms with Crippen LogP contribution in [0.5, 0.6) is 0 Å². The van der Waals surface area contributed by atoms with Gasteiger partial charge in [-0.1, -0.05) is 30.3 Å². The van der Waals surface area contributed by atoms with E-state index < -0.39 is 5.82 Å². The number of hydrogen-bond donors (Lipinski definition) is 3. The highest BCUT2D eigenvalue weighted by Crippen LogP contribution is 2.21. The zero-order valence-electron chi connectivity index (χ0n) is 15.1. The van der Waals surface area contributed by atoms with Gasteiger partial charge in [0.15, 0.2) is 0 Å². The number of carbonyl (C=O) groups is 2. The van der Waals surface area contributed by atoms with Crippen molar-refractivity contribution in [2.24, 2.45) is 5.92 Å². The lowest BCUT2D eigenvalue weighted by Crippen LogP contribution is -2.17. The summed E-state index contributed by atoms with van der Waals surface area (Å²) in [5, 5.41) is 8.64. The van der Waals surface area contributed by atoms with Crippen LogP contribution in [0.15, 0.2) is 48.5 Å². The molecule has 1 atom stereocenters. The summed E-state index contributed by atoms with van der Waals surface area (Å²) in [4.78, 5) is 24.3. The average molecular weight is 369 g/mol. The summed E-state index contributed by atoms with van der Waals surface area (Å²) >= 11 is 0. The highest BCUT2D eigenvalue weighted by Gasteiger charge is 2.16. The van der Waals surface area contributed by atoms with Gasteiger partial charge in [-0.05, 0) is 55.6 Å². The van der Waals surface area contributed by atoms with Crippen LogP contribution in [0.3, 0.4) is 0 Å². The maximum Gasteiger partial charge on any atom is 0.228 e. The minimum atomic E-state index is -0.536. The molecule has 2 aromatic rings. The van der Waals surface area contributed by atoms with Gasteiger partial charge in [0, 0.05) is 12.1 Å². The SMILES string of the molecule is O=C(CCC1CCNC1)Nc1ccc(F)c(NC(=O)Cc2ccccc2)c1. The molecule has 6 heteroatoms. The van der Waals surface area contributed by atoms with Crippen LogP contribution in [0.1, 0.15) is 24.8 Å². The molecule has 0 aromatic heterocycles. The van der Waals surface area contributed by atoms with Crippen LogP contribution < -0.4 is 16.0 Å². The van der Waals surface area contributed by atoms with Gasteiger partial charge in [-0.15, -0.1) is 0 Å². The molecule has 1 unspecified atom stereocenters. The molecule has 3 rings (SSSR count). The van der Waals surface area contributed by atoms with E-state index in [1.165, 1.54) is 18.2 Å². The van der Waals surface area contributed by atoms with Gasteiger partial charge in [0.2, 0.25) is 11.8 Å². The van der Waals surface area contributed by atoms with Gasteiger partial charge < -0.3 is 16.0 Å². The van der Waals surface area contributed by atoms with E-state index in [-0.39, 0.29) is 23.9 Å². The summed E-state index contributed by atoms with van der Waals surface area (Å²) in [5.74, 6) is -0.407. The molecule has 1 aliphatic rings. The Bertz CT molecular complexity index is 789. The van der Waals surface area contributed by atoms with Crippen molar-refractivity contribution in [3.63, 3.8) is 0 Å². The normalized spacial score (nSPS) is 16.1. The maximum absolute atomic E-state index is 14.0. The van der Waals surface area contributed by atoms with Gasteiger partial charge in [-0.25, -0.2) is 4.39 Å². The van der Waals surface area contributed by atoms with Crippen LogP contribution in [0.2, 0.25) is 0 Å². The molecule has 0 saturated carbocycles. The molecule has 2 amide bonds. The molecular weight excluding hydrogens is 345 g/mol. The molecule has 1 aliphatic heterocycles. The molecule has 1 heterocycles. The third-order valence-electron chi connectivity index (χ3n) is 4.67. The Kier molecular flexibility index (Phi) is 6.54. The van der Waals surface area contributed by atoms with Crippen molar-refractivity contribution in [3.8, 4) is 0 Å². The number of anilines is 2. The Labute approximate surface area is 158 Å². The lowest BCUT2D eigenvalue weighted by molar-refractivity contribution is -0.116. The van der Waals surface area contributed by atoms with E-state index in [9.17, 15) is 14.0 Å². The predicted molar refractivity (Wildman–Crippen MR) is 104 cm³/mol. The van der Waals surface area contributed by atoms with Gasteiger partial charge in [-0.3, -0.25) is 9.59 Å². The molecule has 5 nitrogen and oxygen atoms in total. The molecule has 27 heavy (non-hydrogen) atoms. The Morgan fingerprint density at radius 1 is 1.07 bits per heavy atom. The van der Waals surface area contributed by atoms with E-state index in [1.54, 1.807) is 0 Å². The van der Waals surface area contributed by atoms with E-state index >= 15 is 0 Å². The van der Waals surface area contributed by atoms with Gasteiger partial charge in [-0.2, -0.15) is 0 Å². The summed E-state index contributed by atoms with van der Waals surface area (Å²) in [7, 11) is 0. The first kappa shape index (κ1) is 19.0. The van der Waals surface area contributed by atoms with Crippen molar-refractivity contribution in [3.05, 3.63) is 59.9 Å². The first-order valence-corrected chi connectivity index (χ1v) is 9.24. The van der Waals surface area contributed by atoms with Crippen molar-refractivity contribution in [1.82, 2.24) is 5.32 Å². The summed E-state index contributed by atoms with van der Waals surface area (Å²) in [6, 6.07) is 13.4. The molecule has 1 saturated heterocycles. The second-order valence-electron chi connectivity index (χ2n) is 6.85. The third kappa shape index (κ3) is 5.89. The number of carbonyl (C=O) groups excluding carboxylic acids is 2.